The van der Waals surface area contributed by atoms with Crippen molar-refractivity contribution >= 4 is 50.7 Å². The highest BCUT2D eigenvalue weighted by molar-refractivity contribution is 9.10. The number of nitro groups is 1. The van der Waals surface area contributed by atoms with Crippen LogP contribution in [0.1, 0.15) is 5.69 Å². The van der Waals surface area contributed by atoms with E-state index in [1.807, 2.05) is 0 Å². The molecule has 0 saturated heterocycles. The predicted octanol–water partition coefficient (Wildman–Crippen LogP) is 3.14. The Labute approximate surface area is 133 Å². The Morgan fingerprint density at radius 2 is 2.14 bits per heavy atom. The fourth-order valence-corrected chi connectivity index (χ4v) is 2.18. The lowest BCUT2D eigenvalue weighted by Gasteiger charge is -2.10. The summed E-state index contributed by atoms with van der Waals surface area (Å²) in [5.41, 5.74) is 2.66. The molecule has 0 radical (unpaired) electrons. The standard InChI is InChI=1S/C11H10BrClN6O2/c1-5-9(19(20)21)10(17-11(15-5)18-14)16-8-4-6(12)2-3-7(8)13/h2-4H,14H2,1H3,(H2,15,16,17,18). The highest BCUT2D eigenvalue weighted by atomic mass is 79.9. The van der Waals surface area contributed by atoms with Crippen molar-refractivity contribution < 1.29 is 4.92 Å². The van der Waals surface area contributed by atoms with E-state index in [-0.39, 0.29) is 23.1 Å². The lowest BCUT2D eigenvalue weighted by atomic mass is 10.3. The molecule has 0 aliphatic heterocycles. The van der Waals surface area contributed by atoms with E-state index in [1.165, 1.54) is 6.92 Å². The number of hydrogen-bond donors (Lipinski definition) is 3. The van der Waals surface area contributed by atoms with Crippen LogP contribution < -0.4 is 16.6 Å². The summed E-state index contributed by atoms with van der Waals surface area (Å²) in [7, 11) is 0. The topological polar surface area (TPSA) is 119 Å². The van der Waals surface area contributed by atoms with Gasteiger partial charge in [0.05, 0.1) is 15.6 Å². The van der Waals surface area contributed by atoms with Crippen molar-refractivity contribution in [2.75, 3.05) is 10.7 Å². The largest absolute Gasteiger partial charge is 0.333 e. The molecule has 10 heteroatoms. The Bertz CT molecular complexity index is 711. The second kappa shape index (κ2) is 6.20. The van der Waals surface area contributed by atoms with Gasteiger partial charge in [-0.05, 0) is 25.1 Å². The second-order valence-corrected chi connectivity index (χ2v) is 5.30. The lowest BCUT2D eigenvalue weighted by Crippen LogP contribution is -2.13. The van der Waals surface area contributed by atoms with E-state index in [1.54, 1.807) is 18.2 Å². The number of halogens is 2. The fourth-order valence-electron chi connectivity index (χ4n) is 1.66. The number of hydrogen-bond acceptors (Lipinski definition) is 7. The molecule has 0 bridgehead atoms. The molecule has 110 valence electrons. The number of nitrogens with zero attached hydrogens (tertiary/aromatic N) is 3. The van der Waals surface area contributed by atoms with Gasteiger partial charge in [-0.1, -0.05) is 27.5 Å². The van der Waals surface area contributed by atoms with Gasteiger partial charge in [-0.2, -0.15) is 4.98 Å². The molecule has 0 atom stereocenters. The van der Waals surface area contributed by atoms with Gasteiger partial charge in [0.1, 0.15) is 5.69 Å². The lowest BCUT2D eigenvalue weighted by molar-refractivity contribution is -0.385. The van der Waals surface area contributed by atoms with Gasteiger partial charge in [0.15, 0.2) is 0 Å². The number of hydrazine groups is 1. The normalized spacial score (nSPS) is 10.3. The molecule has 1 aromatic carbocycles. The van der Waals surface area contributed by atoms with Gasteiger partial charge in [-0.25, -0.2) is 10.8 Å². The predicted molar refractivity (Wildman–Crippen MR) is 83.7 cm³/mol. The molecule has 21 heavy (non-hydrogen) atoms. The molecular formula is C11H10BrClN6O2. The van der Waals surface area contributed by atoms with Crippen molar-refractivity contribution in [2.24, 2.45) is 5.84 Å². The van der Waals surface area contributed by atoms with Crippen LogP contribution in [0.15, 0.2) is 22.7 Å². The first kappa shape index (κ1) is 15.4. The first-order valence-corrected chi connectivity index (χ1v) is 6.81. The SMILES string of the molecule is Cc1nc(NN)nc(Nc2cc(Br)ccc2Cl)c1[N+](=O)[O-]. The monoisotopic (exact) mass is 372 g/mol. The first-order chi connectivity index (χ1) is 9.92. The minimum Gasteiger partial charge on any atom is -0.333 e. The van der Waals surface area contributed by atoms with Gasteiger partial charge in [-0.3, -0.25) is 15.5 Å². The summed E-state index contributed by atoms with van der Waals surface area (Å²) in [5, 5.41) is 14.4. The van der Waals surface area contributed by atoms with Crippen molar-refractivity contribution in [3.8, 4) is 0 Å². The summed E-state index contributed by atoms with van der Waals surface area (Å²) in [6.07, 6.45) is 0. The van der Waals surface area contributed by atoms with Crippen molar-refractivity contribution in [3.63, 3.8) is 0 Å². The van der Waals surface area contributed by atoms with Gasteiger partial charge >= 0.3 is 5.69 Å². The number of aromatic nitrogens is 2. The van der Waals surface area contributed by atoms with Crippen LogP contribution in [0, 0.1) is 17.0 Å². The number of rotatable bonds is 4. The number of nitrogen functional groups attached to an aromatic ring is 1. The quantitative estimate of drug-likeness (QED) is 0.428. The number of benzene rings is 1. The third-order valence-electron chi connectivity index (χ3n) is 2.55. The van der Waals surface area contributed by atoms with Gasteiger partial charge in [-0.15, -0.1) is 0 Å². The van der Waals surface area contributed by atoms with Crippen LogP contribution in [0.2, 0.25) is 5.02 Å². The fraction of sp³-hybridized carbons (Fsp3) is 0.0909. The molecule has 2 rings (SSSR count). The third kappa shape index (κ3) is 3.38. The summed E-state index contributed by atoms with van der Waals surface area (Å²) in [6.45, 7) is 1.49. The van der Waals surface area contributed by atoms with E-state index in [9.17, 15) is 10.1 Å². The van der Waals surface area contributed by atoms with Crippen LogP contribution in [-0.2, 0) is 0 Å². The first-order valence-electron chi connectivity index (χ1n) is 5.64. The minimum atomic E-state index is -0.566. The molecule has 0 saturated carbocycles. The molecule has 8 nitrogen and oxygen atoms in total. The number of nitrogens with two attached hydrogens (primary N) is 1. The summed E-state index contributed by atoms with van der Waals surface area (Å²) in [4.78, 5) is 18.5. The van der Waals surface area contributed by atoms with E-state index >= 15 is 0 Å². The summed E-state index contributed by atoms with van der Waals surface area (Å²) in [5.74, 6) is 5.32. The van der Waals surface area contributed by atoms with Crippen molar-refractivity contribution in [1.29, 1.82) is 0 Å². The molecule has 1 aromatic heterocycles. The zero-order chi connectivity index (χ0) is 15.6. The van der Waals surface area contributed by atoms with Crippen LogP contribution in [0.25, 0.3) is 0 Å². The maximum Gasteiger partial charge on any atom is 0.332 e. The van der Waals surface area contributed by atoms with Crippen LogP contribution in [0.4, 0.5) is 23.1 Å². The molecular weight excluding hydrogens is 364 g/mol. The van der Waals surface area contributed by atoms with Crippen LogP contribution in [0.5, 0.6) is 0 Å². The van der Waals surface area contributed by atoms with Crippen LogP contribution in [-0.4, -0.2) is 14.9 Å². The van der Waals surface area contributed by atoms with Gasteiger partial charge in [0.25, 0.3) is 0 Å². The van der Waals surface area contributed by atoms with Crippen LogP contribution >= 0.6 is 27.5 Å². The van der Waals surface area contributed by atoms with Crippen LogP contribution in [0.3, 0.4) is 0 Å². The van der Waals surface area contributed by atoms with Gasteiger partial charge < -0.3 is 5.32 Å². The van der Waals surface area contributed by atoms with Gasteiger partial charge in [0.2, 0.25) is 11.8 Å². The van der Waals surface area contributed by atoms with E-state index in [0.29, 0.717) is 10.7 Å². The molecule has 0 unspecified atom stereocenters. The maximum atomic E-state index is 11.2. The van der Waals surface area contributed by atoms with Gasteiger partial charge in [0, 0.05) is 4.47 Å². The van der Waals surface area contributed by atoms with E-state index in [0.717, 1.165) is 4.47 Å². The molecule has 0 fully saturated rings. The molecule has 2 aromatic rings. The van der Waals surface area contributed by atoms with Crippen molar-refractivity contribution in [1.82, 2.24) is 9.97 Å². The number of anilines is 3. The Morgan fingerprint density at radius 3 is 2.76 bits per heavy atom. The second-order valence-electron chi connectivity index (χ2n) is 3.98. The molecule has 1 heterocycles. The molecule has 0 aliphatic rings. The van der Waals surface area contributed by atoms with Crippen molar-refractivity contribution in [3.05, 3.63) is 43.5 Å². The molecule has 4 N–H and O–H groups in total. The maximum absolute atomic E-state index is 11.2. The third-order valence-corrected chi connectivity index (χ3v) is 3.37. The number of aryl methyl sites for hydroxylation is 1. The van der Waals surface area contributed by atoms with E-state index in [2.05, 4.69) is 36.6 Å². The highest BCUT2D eigenvalue weighted by Crippen LogP contribution is 2.33. The molecule has 0 aliphatic carbocycles. The average molecular weight is 374 g/mol. The van der Waals surface area contributed by atoms with Crippen molar-refractivity contribution in [2.45, 2.75) is 6.92 Å². The summed E-state index contributed by atoms with van der Waals surface area (Å²) >= 11 is 9.36. The summed E-state index contributed by atoms with van der Waals surface area (Å²) < 4.78 is 0.764. The Balaban J connectivity index is 2.54. The zero-order valence-electron chi connectivity index (χ0n) is 10.7. The Kier molecular flexibility index (Phi) is 4.56. The minimum absolute atomic E-state index is 0.000417. The van der Waals surface area contributed by atoms with E-state index in [4.69, 9.17) is 17.4 Å². The molecule has 0 amide bonds. The highest BCUT2D eigenvalue weighted by Gasteiger charge is 2.22. The molecule has 0 spiro atoms. The van der Waals surface area contributed by atoms with E-state index < -0.39 is 4.92 Å². The summed E-state index contributed by atoms with van der Waals surface area (Å²) in [6, 6.07) is 5.08. The smallest absolute Gasteiger partial charge is 0.332 e. The zero-order valence-corrected chi connectivity index (χ0v) is 13.1. The Hall–Kier alpha value is -1.97. The average Bonchev–Trinajstić information content (AvgIpc) is 2.41. The number of nitrogens with one attached hydrogen (secondary N) is 2. The Morgan fingerprint density at radius 1 is 1.43 bits per heavy atom.